The Kier molecular flexibility index (Phi) is 8.57. The van der Waals surface area contributed by atoms with Crippen molar-refractivity contribution in [2.24, 2.45) is 0 Å². The number of halogens is 1. The van der Waals surface area contributed by atoms with Gasteiger partial charge in [0.1, 0.15) is 0 Å². The predicted octanol–water partition coefficient (Wildman–Crippen LogP) is 3.54. The lowest BCUT2D eigenvalue weighted by Gasteiger charge is -2.16. The lowest BCUT2D eigenvalue weighted by Crippen LogP contribution is -2.24. The van der Waals surface area contributed by atoms with Crippen LogP contribution in [-0.2, 0) is 11.3 Å². The van der Waals surface area contributed by atoms with Gasteiger partial charge < -0.3 is 25.2 Å². The van der Waals surface area contributed by atoms with Crippen LogP contribution in [-0.4, -0.2) is 36.9 Å². The molecule has 2 aromatic rings. The first-order valence-electron chi connectivity index (χ1n) is 9.22. The number of rotatable bonds is 10. The van der Waals surface area contributed by atoms with Crippen LogP contribution >= 0.6 is 11.6 Å². The molecule has 152 valence electrons. The minimum atomic E-state index is -0.434. The van der Waals surface area contributed by atoms with Crippen molar-refractivity contribution in [2.45, 2.75) is 33.4 Å². The van der Waals surface area contributed by atoms with Crippen LogP contribution in [0.5, 0.6) is 11.5 Å². The van der Waals surface area contributed by atoms with Crippen molar-refractivity contribution in [3.63, 3.8) is 0 Å². The molecule has 28 heavy (non-hydrogen) atoms. The van der Waals surface area contributed by atoms with Crippen LogP contribution in [0.3, 0.4) is 0 Å². The van der Waals surface area contributed by atoms with E-state index in [0.29, 0.717) is 41.9 Å². The van der Waals surface area contributed by atoms with Crippen molar-refractivity contribution in [3.05, 3.63) is 52.5 Å². The van der Waals surface area contributed by atoms with Crippen LogP contribution in [0.1, 0.15) is 25.0 Å². The zero-order valence-corrected chi connectivity index (χ0v) is 17.2. The first kappa shape index (κ1) is 22.0. The summed E-state index contributed by atoms with van der Waals surface area (Å²) >= 11 is 6.36. The number of amides is 1. The van der Waals surface area contributed by atoms with E-state index in [0.717, 1.165) is 11.1 Å². The van der Waals surface area contributed by atoms with E-state index in [-0.39, 0.29) is 12.5 Å². The Hall–Kier alpha value is -2.28. The Morgan fingerprint density at radius 2 is 1.93 bits per heavy atom. The maximum Gasteiger partial charge on any atom is 0.262 e. The zero-order chi connectivity index (χ0) is 20.5. The molecule has 0 radical (unpaired) electrons. The molecular weight excluding hydrogens is 380 g/mol. The number of carbonyl (C=O) groups excluding carboxylic acids is 1. The Morgan fingerprint density at radius 1 is 1.21 bits per heavy atom. The number of benzene rings is 2. The first-order valence-corrected chi connectivity index (χ1v) is 9.60. The molecule has 0 aliphatic carbocycles. The van der Waals surface area contributed by atoms with Crippen LogP contribution in [0.15, 0.2) is 36.4 Å². The maximum atomic E-state index is 12.2. The number of aliphatic hydroxyl groups excluding tert-OH is 1. The summed E-state index contributed by atoms with van der Waals surface area (Å²) in [5, 5.41) is 15.6. The molecule has 0 unspecified atom stereocenters. The minimum Gasteiger partial charge on any atom is -0.490 e. The monoisotopic (exact) mass is 406 g/mol. The highest BCUT2D eigenvalue weighted by Crippen LogP contribution is 2.36. The van der Waals surface area contributed by atoms with E-state index < -0.39 is 6.10 Å². The van der Waals surface area contributed by atoms with Gasteiger partial charge in [0.05, 0.1) is 17.7 Å². The molecule has 0 aliphatic heterocycles. The molecule has 2 rings (SSSR count). The quantitative estimate of drug-likeness (QED) is 0.562. The van der Waals surface area contributed by atoms with Crippen molar-refractivity contribution < 1.29 is 19.4 Å². The van der Waals surface area contributed by atoms with Gasteiger partial charge in [-0.1, -0.05) is 29.3 Å². The number of aryl methyl sites for hydroxylation is 1. The van der Waals surface area contributed by atoms with E-state index in [1.165, 1.54) is 0 Å². The topological polar surface area (TPSA) is 79.8 Å². The molecule has 0 spiro atoms. The summed E-state index contributed by atoms with van der Waals surface area (Å²) in [6.07, 6.45) is -0.434. The summed E-state index contributed by atoms with van der Waals surface area (Å²) in [5.41, 5.74) is 2.71. The van der Waals surface area contributed by atoms with Crippen molar-refractivity contribution in [2.75, 3.05) is 25.1 Å². The fraction of sp³-hybridized carbons (Fsp3) is 0.381. The second-order valence-electron chi connectivity index (χ2n) is 6.52. The molecule has 1 amide bonds. The third-order valence-corrected chi connectivity index (χ3v) is 4.10. The van der Waals surface area contributed by atoms with Gasteiger partial charge in [-0.05, 0) is 50.6 Å². The van der Waals surface area contributed by atoms with Gasteiger partial charge in [0.15, 0.2) is 18.1 Å². The molecule has 0 bridgehead atoms. The number of carbonyl (C=O) groups is 1. The summed E-state index contributed by atoms with van der Waals surface area (Å²) in [4.78, 5) is 12.2. The second-order valence-corrected chi connectivity index (χ2v) is 6.93. The van der Waals surface area contributed by atoms with E-state index in [1.54, 1.807) is 13.0 Å². The summed E-state index contributed by atoms with van der Waals surface area (Å²) in [5.74, 6) is 0.527. The van der Waals surface area contributed by atoms with Gasteiger partial charge in [-0.3, -0.25) is 4.79 Å². The lowest BCUT2D eigenvalue weighted by atomic mass is 10.2. The van der Waals surface area contributed by atoms with Crippen molar-refractivity contribution >= 4 is 23.2 Å². The SMILES string of the molecule is CCOc1cc(CNC[C@@H](C)O)cc(Cl)c1OCC(=O)Nc1ccc(C)cc1. The highest BCUT2D eigenvalue weighted by molar-refractivity contribution is 6.32. The van der Waals surface area contributed by atoms with Crippen molar-refractivity contribution in [3.8, 4) is 11.5 Å². The van der Waals surface area contributed by atoms with Crippen molar-refractivity contribution in [1.82, 2.24) is 5.32 Å². The Morgan fingerprint density at radius 3 is 2.57 bits per heavy atom. The Bertz CT molecular complexity index is 779. The molecule has 3 N–H and O–H groups in total. The number of hydrogen-bond acceptors (Lipinski definition) is 5. The van der Waals surface area contributed by atoms with Crippen LogP contribution in [0.25, 0.3) is 0 Å². The smallest absolute Gasteiger partial charge is 0.262 e. The maximum absolute atomic E-state index is 12.2. The highest BCUT2D eigenvalue weighted by Gasteiger charge is 2.15. The molecule has 0 aliphatic rings. The van der Waals surface area contributed by atoms with E-state index in [9.17, 15) is 9.90 Å². The fourth-order valence-corrected chi connectivity index (χ4v) is 2.81. The Labute approximate surface area is 170 Å². The average molecular weight is 407 g/mol. The van der Waals surface area contributed by atoms with Gasteiger partial charge in [0.25, 0.3) is 5.91 Å². The van der Waals surface area contributed by atoms with Crippen molar-refractivity contribution in [1.29, 1.82) is 0 Å². The number of hydrogen-bond donors (Lipinski definition) is 3. The van der Waals surface area contributed by atoms with Crippen LogP contribution in [0, 0.1) is 6.92 Å². The van der Waals surface area contributed by atoms with Crippen LogP contribution in [0.2, 0.25) is 5.02 Å². The molecule has 2 aromatic carbocycles. The number of aliphatic hydroxyl groups is 1. The van der Waals surface area contributed by atoms with E-state index >= 15 is 0 Å². The van der Waals surface area contributed by atoms with Crippen LogP contribution < -0.4 is 20.1 Å². The van der Waals surface area contributed by atoms with Gasteiger partial charge in [-0.25, -0.2) is 0 Å². The molecule has 1 atom stereocenters. The summed E-state index contributed by atoms with van der Waals surface area (Å²) < 4.78 is 11.3. The highest BCUT2D eigenvalue weighted by atomic mass is 35.5. The van der Waals surface area contributed by atoms with E-state index in [1.807, 2.05) is 44.2 Å². The van der Waals surface area contributed by atoms with Gasteiger partial charge in [-0.15, -0.1) is 0 Å². The average Bonchev–Trinajstić information content (AvgIpc) is 2.63. The third-order valence-electron chi connectivity index (χ3n) is 3.82. The summed E-state index contributed by atoms with van der Waals surface area (Å²) in [6.45, 7) is 6.80. The first-order chi connectivity index (χ1) is 13.4. The van der Waals surface area contributed by atoms with Crippen LogP contribution in [0.4, 0.5) is 5.69 Å². The largest absolute Gasteiger partial charge is 0.490 e. The van der Waals surface area contributed by atoms with Gasteiger partial charge in [0, 0.05) is 18.8 Å². The summed E-state index contributed by atoms with van der Waals surface area (Å²) in [7, 11) is 0. The second kappa shape index (κ2) is 10.9. The van der Waals surface area contributed by atoms with Gasteiger partial charge >= 0.3 is 0 Å². The molecule has 0 saturated carbocycles. The normalized spacial score (nSPS) is 11.8. The molecule has 0 heterocycles. The molecule has 0 saturated heterocycles. The fourth-order valence-electron chi connectivity index (χ4n) is 2.52. The third kappa shape index (κ3) is 7.03. The Balaban J connectivity index is 2.02. The molecule has 6 nitrogen and oxygen atoms in total. The minimum absolute atomic E-state index is 0.187. The van der Waals surface area contributed by atoms with Gasteiger partial charge in [-0.2, -0.15) is 0 Å². The van der Waals surface area contributed by atoms with E-state index in [4.69, 9.17) is 21.1 Å². The number of anilines is 1. The van der Waals surface area contributed by atoms with Gasteiger partial charge in [0.2, 0.25) is 0 Å². The zero-order valence-electron chi connectivity index (χ0n) is 16.4. The molecular formula is C21H27ClN2O4. The number of nitrogens with one attached hydrogen (secondary N) is 2. The number of ether oxygens (including phenoxy) is 2. The lowest BCUT2D eigenvalue weighted by molar-refractivity contribution is -0.118. The molecule has 7 heteroatoms. The molecule has 0 fully saturated rings. The summed E-state index contributed by atoms with van der Waals surface area (Å²) in [6, 6.07) is 11.1. The van der Waals surface area contributed by atoms with E-state index in [2.05, 4.69) is 10.6 Å². The molecule has 0 aromatic heterocycles. The predicted molar refractivity (Wildman–Crippen MR) is 111 cm³/mol. The standard InChI is InChI=1S/C21H27ClN2O4/c1-4-27-19-10-16(12-23-11-15(3)25)9-18(22)21(19)28-13-20(26)24-17-7-5-14(2)6-8-17/h5-10,15,23,25H,4,11-13H2,1-3H3,(H,24,26)/t15-/m1/s1.